The van der Waals surface area contributed by atoms with Crippen molar-refractivity contribution in [3.8, 4) is 0 Å². The van der Waals surface area contributed by atoms with Gasteiger partial charge in [-0.2, -0.15) is 4.58 Å². The molecule has 0 spiro atoms. The maximum Gasteiger partial charge on any atom is 0.209 e. The molecule has 1 heterocycles. The van der Waals surface area contributed by atoms with Crippen LogP contribution >= 0.6 is 34.0 Å². The minimum absolute atomic E-state index is 0. The minimum atomic E-state index is 0. The van der Waals surface area contributed by atoms with Gasteiger partial charge in [-0.15, -0.1) is 34.0 Å². The molecule has 0 aliphatic carbocycles. The molecular weight excluding hydrogens is 404 g/mol. The van der Waals surface area contributed by atoms with Gasteiger partial charge in [-0.3, -0.25) is 0 Å². The van der Waals surface area contributed by atoms with E-state index in [1.54, 1.807) is 0 Å². The Kier molecular flexibility index (Phi) is 7.52. The summed E-state index contributed by atoms with van der Waals surface area (Å²) in [5, 5.41) is 0. The van der Waals surface area contributed by atoms with E-state index < -0.39 is 0 Å². The number of rotatable bonds is 4. The number of nitrogens with zero attached hydrogens (tertiary/aromatic N) is 2. The normalized spacial score (nSPS) is 16.0. The molecule has 0 aromatic heterocycles. The molecule has 126 valence electrons. The predicted octanol–water partition coefficient (Wildman–Crippen LogP) is 4.64. The standard InChI is InChI=1S/C18H30N2.2BrH/c1-14-9-10-17-16(13-14)18(3,4)15(2)19(17)11-8-12-20(5,6)7;;/h9-10,13H,8,11-12H2,1-7H3;2*1H/q+2;;. The maximum absolute atomic E-state index is 2.53. The van der Waals surface area contributed by atoms with Crippen molar-refractivity contribution in [2.24, 2.45) is 0 Å². The average Bonchev–Trinajstić information content (AvgIpc) is 2.49. The second-order valence-corrected chi connectivity index (χ2v) is 7.75. The molecule has 1 aromatic rings. The van der Waals surface area contributed by atoms with Crippen LogP contribution in [0, 0.1) is 6.92 Å². The van der Waals surface area contributed by atoms with Crippen molar-refractivity contribution in [2.75, 3.05) is 34.2 Å². The van der Waals surface area contributed by atoms with E-state index >= 15 is 0 Å². The average molecular weight is 436 g/mol. The summed E-state index contributed by atoms with van der Waals surface area (Å²) in [4.78, 5) is 0. The number of hydrogen-bond acceptors (Lipinski definition) is 0. The first-order chi connectivity index (χ1) is 9.13. The van der Waals surface area contributed by atoms with Crippen LogP contribution < -0.4 is 0 Å². The van der Waals surface area contributed by atoms with Crippen LogP contribution in [0.15, 0.2) is 18.2 Å². The zero-order chi connectivity index (χ0) is 15.1. The number of hydrogen-bond donors (Lipinski definition) is 0. The van der Waals surface area contributed by atoms with Crippen molar-refractivity contribution in [3.63, 3.8) is 0 Å². The first-order valence-corrected chi connectivity index (χ1v) is 7.66. The van der Waals surface area contributed by atoms with E-state index in [2.05, 4.69) is 71.6 Å². The molecule has 1 aliphatic rings. The van der Waals surface area contributed by atoms with Crippen LogP contribution in [-0.4, -0.2) is 49.0 Å². The van der Waals surface area contributed by atoms with Gasteiger partial charge in [0.1, 0.15) is 0 Å². The van der Waals surface area contributed by atoms with E-state index in [0.717, 1.165) is 11.0 Å². The van der Waals surface area contributed by atoms with E-state index in [4.69, 9.17) is 0 Å². The van der Waals surface area contributed by atoms with Crippen molar-refractivity contribution < 1.29 is 9.06 Å². The Morgan fingerprint density at radius 3 is 2.18 bits per heavy atom. The van der Waals surface area contributed by atoms with Crippen LogP contribution in [0.4, 0.5) is 5.69 Å². The topological polar surface area (TPSA) is 3.01 Å². The third kappa shape index (κ3) is 4.42. The fraction of sp³-hybridized carbons (Fsp3) is 0.611. The second-order valence-electron chi connectivity index (χ2n) is 7.75. The molecule has 4 heteroatoms. The summed E-state index contributed by atoms with van der Waals surface area (Å²) in [5.41, 5.74) is 5.91. The van der Waals surface area contributed by atoms with Gasteiger partial charge in [0.05, 0.1) is 39.5 Å². The lowest BCUT2D eigenvalue weighted by Gasteiger charge is -2.23. The molecule has 0 unspecified atom stereocenters. The Morgan fingerprint density at radius 2 is 1.64 bits per heavy atom. The highest BCUT2D eigenvalue weighted by Gasteiger charge is 2.42. The first-order valence-electron chi connectivity index (χ1n) is 7.66. The van der Waals surface area contributed by atoms with Crippen LogP contribution in [0.2, 0.25) is 0 Å². The van der Waals surface area contributed by atoms with Gasteiger partial charge in [-0.25, -0.2) is 0 Å². The summed E-state index contributed by atoms with van der Waals surface area (Å²) in [7, 11) is 6.80. The molecule has 2 nitrogen and oxygen atoms in total. The Hall–Kier alpha value is -0.190. The molecule has 0 bridgehead atoms. The van der Waals surface area contributed by atoms with Gasteiger partial charge in [-0.1, -0.05) is 11.6 Å². The molecule has 1 aromatic carbocycles. The van der Waals surface area contributed by atoms with Gasteiger partial charge < -0.3 is 4.48 Å². The zero-order valence-corrected chi connectivity index (χ0v) is 18.5. The minimum Gasteiger partial charge on any atom is -0.331 e. The molecule has 2 rings (SSSR count). The summed E-state index contributed by atoms with van der Waals surface area (Å²) >= 11 is 0. The molecule has 22 heavy (non-hydrogen) atoms. The Morgan fingerprint density at radius 1 is 1.05 bits per heavy atom. The van der Waals surface area contributed by atoms with E-state index in [1.807, 2.05) is 0 Å². The third-order valence-electron chi connectivity index (χ3n) is 4.64. The molecule has 0 saturated heterocycles. The number of quaternary nitrogens is 1. The molecule has 0 fully saturated rings. The predicted molar refractivity (Wildman–Crippen MR) is 108 cm³/mol. The Balaban J connectivity index is 0.00000220. The summed E-state index contributed by atoms with van der Waals surface area (Å²) < 4.78 is 3.57. The smallest absolute Gasteiger partial charge is 0.209 e. The summed E-state index contributed by atoms with van der Waals surface area (Å²) in [5.74, 6) is 0. The van der Waals surface area contributed by atoms with Crippen molar-refractivity contribution in [3.05, 3.63) is 29.3 Å². The quantitative estimate of drug-likeness (QED) is 0.478. The molecule has 0 saturated carbocycles. The first kappa shape index (κ1) is 21.8. The van der Waals surface area contributed by atoms with Crippen molar-refractivity contribution in [2.45, 2.75) is 39.5 Å². The molecule has 0 atom stereocenters. The van der Waals surface area contributed by atoms with E-state index in [-0.39, 0.29) is 39.4 Å². The van der Waals surface area contributed by atoms with Crippen molar-refractivity contribution in [1.82, 2.24) is 0 Å². The fourth-order valence-corrected chi connectivity index (χ4v) is 3.09. The van der Waals surface area contributed by atoms with Gasteiger partial charge in [0.25, 0.3) is 0 Å². The summed E-state index contributed by atoms with van der Waals surface area (Å²) in [6.45, 7) is 11.5. The number of benzene rings is 1. The lowest BCUT2D eigenvalue weighted by atomic mass is 9.82. The maximum atomic E-state index is 2.53. The summed E-state index contributed by atoms with van der Waals surface area (Å²) in [6, 6.07) is 6.90. The van der Waals surface area contributed by atoms with Gasteiger partial charge in [0, 0.05) is 18.6 Å². The van der Waals surface area contributed by atoms with Gasteiger partial charge >= 0.3 is 0 Å². The molecule has 0 amide bonds. The van der Waals surface area contributed by atoms with Crippen molar-refractivity contribution >= 4 is 45.4 Å². The zero-order valence-electron chi connectivity index (χ0n) is 15.1. The van der Waals surface area contributed by atoms with E-state index in [0.29, 0.717) is 0 Å². The van der Waals surface area contributed by atoms with E-state index in [1.165, 1.54) is 35.5 Å². The monoisotopic (exact) mass is 434 g/mol. The van der Waals surface area contributed by atoms with Crippen LogP contribution in [0.1, 0.15) is 38.3 Å². The number of fused-ring (bicyclic) bond motifs is 1. The molecule has 0 N–H and O–H groups in total. The van der Waals surface area contributed by atoms with Crippen LogP contribution in [0.3, 0.4) is 0 Å². The lowest BCUT2D eigenvalue weighted by molar-refractivity contribution is -0.871. The Bertz CT molecular complexity index is 555. The highest BCUT2D eigenvalue weighted by atomic mass is 79.9. The largest absolute Gasteiger partial charge is 0.331 e. The fourth-order valence-electron chi connectivity index (χ4n) is 3.09. The van der Waals surface area contributed by atoms with E-state index in [9.17, 15) is 0 Å². The molecule has 1 aliphatic heterocycles. The van der Waals surface area contributed by atoms with Gasteiger partial charge in [-0.05, 0) is 26.8 Å². The third-order valence-corrected chi connectivity index (χ3v) is 4.64. The Labute approximate surface area is 157 Å². The van der Waals surface area contributed by atoms with Crippen molar-refractivity contribution in [1.29, 1.82) is 0 Å². The highest BCUT2D eigenvalue weighted by molar-refractivity contribution is 8.93. The van der Waals surface area contributed by atoms with Gasteiger partial charge in [0.2, 0.25) is 5.69 Å². The number of aryl methyl sites for hydroxylation is 1. The highest BCUT2D eigenvalue weighted by Crippen LogP contribution is 2.39. The van der Waals surface area contributed by atoms with Crippen LogP contribution in [-0.2, 0) is 5.41 Å². The SMILES string of the molecule is Br.Br.CC1=[N+](CCC[N+](C)(C)C)c2ccc(C)cc2C1(C)C. The lowest BCUT2D eigenvalue weighted by Crippen LogP contribution is -2.36. The second kappa shape index (κ2) is 7.59. The molecular formula is C18H32Br2N2+2. The van der Waals surface area contributed by atoms with Gasteiger partial charge in [0.15, 0.2) is 12.3 Å². The summed E-state index contributed by atoms with van der Waals surface area (Å²) in [6.07, 6.45) is 1.23. The van der Waals surface area contributed by atoms with Crippen LogP contribution in [0.25, 0.3) is 0 Å². The molecule has 0 radical (unpaired) electrons. The van der Waals surface area contributed by atoms with Crippen LogP contribution in [0.5, 0.6) is 0 Å². The number of halogens is 2.